The number of benzene rings is 2. The quantitative estimate of drug-likeness (QED) is 0.662. The number of nitrogens with zero attached hydrogens (tertiary/aromatic N) is 1. The van der Waals surface area contributed by atoms with Gasteiger partial charge in [-0.25, -0.2) is 4.79 Å². The number of nitrogens with one attached hydrogen (secondary N) is 1. The molecule has 0 saturated carbocycles. The lowest BCUT2D eigenvalue weighted by Crippen LogP contribution is -2.28. The second kappa shape index (κ2) is 8.39. The van der Waals surface area contributed by atoms with Crippen LogP contribution in [0.4, 0.5) is 0 Å². The fourth-order valence-electron chi connectivity index (χ4n) is 2.55. The Morgan fingerprint density at radius 3 is 2.46 bits per heavy atom. The van der Waals surface area contributed by atoms with Gasteiger partial charge in [-0.15, -0.1) is 0 Å². The summed E-state index contributed by atoms with van der Waals surface area (Å²) in [5, 5.41) is 3.53. The van der Waals surface area contributed by atoms with Gasteiger partial charge >= 0.3 is 5.63 Å². The zero-order valence-electron chi connectivity index (χ0n) is 15.6. The van der Waals surface area contributed by atoms with E-state index < -0.39 is 5.63 Å². The summed E-state index contributed by atoms with van der Waals surface area (Å²) in [6.45, 7) is 0.158. The van der Waals surface area contributed by atoms with Crippen LogP contribution in [0.25, 0.3) is 11.0 Å². The van der Waals surface area contributed by atoms with Crippen molar-refractivity contribution in [2.24, 2.45) is 0 Å². The van der Waals surface area contributed by atoms with Crippen LogP contribution in [-0.4, -0.2) is 37.4 Å². The molecule has 0 bridgehead atoms. The minimum atomic E-state index is -0.444. The van der Waals surface area contributed by atoms with Gasteiger partial charge in [-0.3, -0.25) is 9.59 Å². The highest BCUT2D eigenvalue weighted by atomic mass is 16.5. The average molecular weight is 380 g/mol. The fourth-order valence-corrected chi connectivity index (χ4v) is 2.55. The van der Waals surface area contributed by atoms with E-state index >= 15 is 0 Å². The Bertz CT molecular complexity index is 1050. The normalized spacial score (nSPS) is 10.5. The number of hydrogen-bond donors (Lipinski definition) is 1. The van der Waals surface area contributed by atoms with Crippen LogP contribution in [0.2, 0.25) is 0 Å². The van der Waals surface area contributed by atoms with Gasteiger partial charge in [-0.05, 0) is 35.9 Å². The second-order valence-corrected chi connectivity index (χ2v) is 6.42. The molecule has 1 heterocycles. The van der Waals surface area contributed by atoms with Crippen LogP contribution in [0.3, 0.4) is 0 Å². The van der Waals surface area contributed by atoms with Crippen molar-refractivity contribution in [3.8, 4) is 5.75 Å². The van der Waals surface area contributed by atoms with Crippen molar-refractivity contribution in [2.45, 2.75) is 6.54 Å². The standard InChI is InChI=1S/C21H20N2O5/c1-23(2)21(26)16-5-3-14(4-6-16)12-22-19(24)13-27-17-9-7-15-8-10-20(25)28-18(15)11-17/h3-11H,12-13H2,1-2H3,(H,22,24). The smallest absolute Gasteiger partial charge is 0.336 e. The van der Waals surface area contributed by atoms with Gasteiger partial charge in [0.05, 0.1) is 0 Å². The summed E-state index contributed by atoms with van der Waals surface area (Å²) < 4.78 is 10.5. The maximum Gasteiger partial charge on any atom is 0.336 e. The third kappa shape index (κ3) is 4.76. The Labute approximate surface area is 161 Å². The number of ether oxygens (including phenoxy) is 1. The Kier molecular flexibility index (Phi) is 5.74. The van der Waals surface area contributed by atoms with Crippen molar-refractivity contribution in [2.75, 3.05) is 20.7 Å². The van der Waals surface area contributed by atoms with Gasteiger partial charge in [0.15, 0.2) is 6.61 Å². The van der Waals surface area contributed by atoms with Crippen LogP contribution in [0.1, 0.15) is 15.9 Å². The van der Waals surface area contributed by atoms with Gasteiger partial charge < -0.3 is 19.4 Å². The van der Waals surface area contributed by atoms with Crippen LogP contribution >= 0.6 is 0 Å². The molecule has 144 valence electrons. The lowest BCUT2D eigenvalue weighted by Gasteiger charge is -2.11. The predicted molar refractivity (Wildman–Crippen MR) is 104 cm³/mol. The van der Waals surface area contributed by atoms with Crippen LogP contribution < -0.4 is 15.7 Å². The molecule has 0 aliphatic rings. The van der Waals surface area contributed by atoms with Gasteiger partial charge in [0, 0.05) is 43.7 Å². The lowest BCUT2D eigenvalue weighted by atomic mass is 10.1. The summed E-state index contributed by atoms with van der Waals surface area (Å²) in [6, 6.07) is 15.1. The van der Waals surface area contributed by atoms with Crippen molar-refractivity contribution in [1.29, 1.82) is 0 Å². The number of fused-ring (bicyclic) bond motifs is 1. The summed E-state index contributed by atoms with van der Waals surface area (Å²) in [7, 11) is 3.39. The molecule has 0 aliphatic heterocycles. The van der Waals surface area contributed by atoms with Crippen molar-refractivity contribution in [1.82, 2.24) is 10.2 Å². The third-order valence-electron chi connectivity index (χ3n) is 4.06. The minimum Gasteiger partial charge on any atom is -0.484 e. The van der Waals surface area contributed by atoms with E-state index in [1.54, 1.807) is 62.6 Å². The molecule has 0 aliphatic carbocycles. The molecule has 0 unspecified atom stereocenters. The Morgan fingerprint density at radius 2 is 1.75 bits per heavy atom. The van der Waals surface area contributed by atoms with Crippen LogP contribution in [0.5, 0.6) is 5.75 Å². The third-order valence-corrected chi connectivity index (χ3v) is 4.06. The van der Waals surface area contributed by atoms with Gasteiger partial charge in [-0.2, -0.15) is 0 Å². The maximum absolute atomic E-state index is 12.0. The summed E-state index contributed by atoms with van der Waals surface area (Å²) in [5.41, 5.74) is 1.42. The first-order chi connectivity index (χ1) is 13.4. The molecular weight excluding hydrogens is 360 g/mol. The molecule has 0 atom stereocenters. The molecule has 2 amide bonds. The molecule has 1 N–H and O–H groups in total. The van der Waals surface area contributed by atoms with Gasteiger partial charge in [0.2, 0.25) is 0 Å². The molecule has 28 heavy (non-hydrogen) atoms. The first kappa shape index (κ1) is 19.2. The number of amides is 2. The molecule has 2 aromatic carbocycles. The zero-order chi connectivity index (χ0) is 20.1. The van der Waals surface area contributed by atoms with E-state index in [9.17, 15) is 14.4 Å². The largest absolute Gasteiger partial charge is 0.484 e. The van der Waals surface area contributed by atoms with Crippen molar-refractivity contribution in [3.05, 3.63) is 76.1 Å². The van der Waals surface area contributed by atoms with E-state index in [-0.39, 0.29) is 18.4 Å². The molecule has 3 aromatic rings. The van der Waals surface area contributed by atoms with Crippen molar-refractivity contribution < 1.29 is 18.7 Å². The van der Waals surface area contributed by atoms with Crippen LogP contribution in [0, 0.1) is 0 Å². The van der Waals surface area contributed by atoms with Gasteiger partial charge in [0.1, 0.15) is 11.3 Å². The SMILES string of the molecule is CN(C)C(=O)c1ccc(CNC(=O)COc2ccc3ccc(=O)oc3c2)cc1. The molecule has 7 nitrogen and oxygen atoms in total. The highest BCUT2D eigenvalue weighted by molar-refractivity contribution is 5.93. The number of hydrogen-bond acceptors (Lipinski definition) is 5. The number of carbonyl (C=O) groups is 2. The topological polar surface area (TPSA) is 88.9 Å². The molecule has 0 saturated heterocycles. The van der Waals surface area contributed by atoms with E-state index in [1.165, 1.54) is 11.0 Å². The Hall–Kier alpha value is -3.61. The number of rotatable bonds is 6. The first-order valence-electron chi connectivity index (χ1n) is 8.66. The van der Waals surface area contributed by atoms with Crippen molar-refractivity contribution >= 4 is 22.8 Å². The minimum absolute atomic E-state index is 0.0739. The summed E-state index contributed by atoms with van der Waals surface area (Å²) in [4.78, 5) is 36.6. The predicted octanol–water partition coefficient (Wildman–Crippen LogP) is 2.19. The highest BCUT2D eigenvalue weighted by Gasteiger charge is 2.08. The van der Waals surface area contributed by atoms with E-state index in [4.69, 9.17) is 9.15 Å². The summed E-state index contributed by atoms with van der Waals surface area (Å²) in [5.74, 6) is 0.0711. The first-order valence-corrected chi connectivity index (χ1v) is 8.66. The second-order valence-electron chi connectivity index (χ2n) is 6.42. The Morgan fingerprint density at radius 1 is 1.04 bits per heavy atom. The fraction of sp³-hybridized carbons (Fsp3) is 0.190. The van der Waals surface area contributed by atoms with E-state index in [2.05, 4.69) is 5.32 Å². The number of carbonyl (C=O) groups excluding carboxylic acids is 2. The van der Waals surface area contributed by atoms with E-state index in [0.717, 1.165) is 10.9 Å². The van der Waals surface area contributed by atoms with E-state index in [1.807, 2.05) is 0 Å². The van der Waals surface area contributed by atoms with E-state index in [0.29, 0.717) is 23.4 Å². The van der Waals surface area contributed by atoms with Gasteiger partial charge in [-0.1, -0.05) is 12.1 Å². The molecule has 0 radical (unpaired) electrons. The monoisotopic (exact) mass is 380 g/mol. The zero-order valence-corrected chi connectivity index (χ0v) is 15.6. The molecule has 7 heteroatoms. The summed E-state index contributed by atoms with van der Waals surface area (Å²) in [6.07, 6.45) is 0. The Balaban J connectivity index is 1.52. The van der Waals surface area contributed by atoms with Crippen LogP contribution in [-0.2, 0) is 11.3 Å². The average Bonchev–Trinajstić information content (AvgIpc) is 2.70. The molecule has 0 spiro atoms. The van der Waals surface area contributed by atoms with Crippen LogP contribution in [0.15, 0.2) is 63.8 Å². The lowest BCUT2D eigenvalue weighted by molar-refractivity contribution is -0.123. The maximum atomic E-state index is 12.0. The van der Waals surface area contributed by atoms with Crippen molar-refractivity contribution in [3.63, 3.8) is 0 Å². The summed E-state index contributed by atoms with van der Waals surface area (Å²) >= 11 is 0. The van der Waals surface area contributed by atoms with Gasteiger partial charge in [0.25, 0.3) is 11.8 Å². The highest BCUT2D eigenvalue weighted by Crippen LogP contribution is 2.19. The molecular formula is C21H20N2O5. The molecule has 0 fully saturated rings. The molecule has 3 rings (SSSR count). The molecule has 1 aromatic heterocycles.